The molecule has 1 saturated carbocycles. The third-order valence-corrected chi connectivity index (χ3v) is 5.69. The Morgan fingerprint density at radius 3 is 2.62 bits per heavy atom. The number of nitrogens with two attached hydrogens (primary N) is 1. The fourth-order valence-corrected chi connectivity index (χ4v) is 3.82. The van der Waals surface area contributed by atoms with Crippen LogP contribution < -0.4 is 5.73 Å². The van der Waals surface area contributed by atoms with Crippen molar-refractivity contribution in [3.8, 4) is 0 Å². The van der Waals surface area contributed by atoms with Gasteiger partial charge in [-0.2, -0.15) is 0 Å². The van der Waals surface area contributed by atoms with Crippen LogP contribution in [0, 0.1) is 17.2 Å². The zero-order valence-corrected chi connectivity index (χ0v) is 14.2. The normalized spacial score (nSPS) is 27.6. The number of halogens is 2. The van der Waals surface area contributed by atoms with Crippen LogP contribution in [0.5, 0.6) is 0 Å². The van der Waals surface area contributed by atoms with E-state index in [-0.39, 0.29) is 11.2 Å². The number of rotatable bonds is 5. The first-order valence-corrected chi connectivity index (χ1v) is 8.65. The average Bonchev–Trinajstić information content (AvgIpc) is 2.51. The predicted octanol–water partition coefficient (Wildman–Crippen LogP) is 4.56. The summed E-state index contributed by atoms with van der Waals surface area (Å²) in [5.74, 6) is 0.418. The molecule has 1 unspecified atom stereocenters. The number of benzene rings is 1. The van der Waals surface area contributed by atoms with Gasteiger partial charge in [-0.1, -0.05) is 25.8 Å². The van der Waals surface area contributed by atoms with Gasteiger partial charge in [-0.05, 0) is 65.2 Å². The van der Waals surface area contributed by atoms with E-state index in [1.54, 1.807) is 12.1 Å². The first-order valence-electron chi connectivity index (χ1n) is 7.85. The lowest BCUT2D eigenvalue weighted by Crippen LogP contribution is -2.40. The molecule has 2 nitrogen and oxygen atoms in total. The van der Waals surface area contributed by atoms with E-state index in [0.29, 0.717) is 16.6 Å². The van der Waals surface area contributed by atoms with Gasteiger partial charge in [0.1, 0.15) is 5.82 Å². The van der Waals surface area contributed by atoms with Gasteiger partial charge < -0.3 is 10.8 Å². The molecule has 118 valence electrons. The second-order valence-corrected chi connectivity index (χ2v) is 7.23. The van der Waals surface area contributed by atoms with Crippen molar-refractivity contribution in [2.45, 2.75) is 51.6 Å². The molecule has 0 aromatic heterocycles. The van der Waals surface area contributed by atoms with Gasteiger partial charge in [0.2, 0.25) is 0 Å². The highest BCUT2D eigenvalue weighted by molar-refractivity contribution is 9.10. The second-order valence-electron chi connectivity index (χ2n) is 6.37. The maximum absolute atomic E-state index is 13.7. The molecule has 1 aliphatic carbocycles. The molecule has 2 rings (SSSR count). The van der Waals surface area contributed by atoms with Crippen LogP contribution in [0.3, 0.4) is 0 Å². The Bertz CT molecular complexity index is 472. The van der Waals surface area contributed by atoms with Crippen LogP contribution in [0.1, 0.15) is 57.1 Å². The van der Waals surface area contributed by atoms with Gasteiger partial charge >= 0.3 is 0 Å². The summed E-state index contributed by atoms with van der Waals surface area (Å²) in [5.41, 5.74) is 6.33. The van der Waals surface area contributed by atoms with Crippen LogP contribution in [-0.4, -0.2) is 11.7 Å². The SMILES string of the molecule is CCCC1CCC(CN)(C(O)c2ccc(Br)c(F)c2)CC1. The third kappa shape index (κ3) is 3.66. The molecule has 4 heteroatoms. The maximum Gasteiger partial charge on any atom is 0.137 e. The van der Waals surface area contributed by atoms with E-state index in [4.69, 9.17) is 5.73 Å². The summed E-state index contributed by atoms with van der Waals surface area (Å²) in [6, 6.07) is 4.86. The van der Waals surface area contributed by atoms with E-state index in [2.05, 4.69) is 22.9 Å². The van der Waals surface area contributed by atoms with Crippen LogP contribution in [0.4, 0.5) is 4.39 Å². The van der Waals surface area contributed by atoms with Crippen LogP contribution in [0.15, 0.2) is 22.7 Å². The lowest BCUT2D eigenvalue weighted by atomic mass is 9.65. The van der Waals surface area contributed by atoms with Gasteiger partial charge in [0.05, 0.1) is 10.6 Å². The molecule has 0 aliphatic heterocycles. The fraction of sp³-hybridized carbons (Fsp3) is 0.647. The van der Waals surface area contributed by atoms with Crippen LogP contribution >= 0.6 is 15.9 Å². The van der Waals surface area contributed by atoms with Gasteiger partial charge in [-0.15, -0.1) is 0 Å². The Kier molecular flexibility index (Phi) is 5.81. The summed E-state index contributed by atoms with van der Waals surface area (Å²) in [6.45, 7) is 2.66. The third-order valence-electron chi connectivity index (χ3n) is 5.04. The van der Waals surface area contributed by atoms with E-state index in [0.717, 1.165) is 31.6 Å². The number of aliphatic hydroxyl groups is 1. The minimum Gasteiger partial charge on any atom is -0.388 e. The molecule has 0 spiro atoms. The van der Waals surface area contributed by atoms with Gasteiger partial charge in [-0.3, -0.25) is 0 Å². The van der Waals surface area contributed by atoms with Gasteiger partial charge in [0.25, 0.3) is 0 Å². The minimum atomic E-state index is -0.687. The van der Waals surface area contributed by atoms with Gasteiger partial charge in [0, 0.05) is 12.0 Å². The van der Waals surface area contributed by atoms with E-state index in [1.807, 2.05) is 0 Å². The number of aliphatic hydroxyl groups excluding tert-OH is 1. The molecule has 0 radical (unpaired) electrons. The van der Waals surface area contributed by atoms with Crippen LogP contribution in [0.2, 0.25) is 0 Å². The number of hydrogen-bond acceptors (Lipinski definition) is 2. The Labute approximate surface area is 135 Å². The Hall–Kier alpha value is -0.450. The van der Waals surface area contributed by atoms with Crippen LogP contribution in [-0.2, 0) is 0 Å². The van der Waals surface area contributed by atoms with Crippen molar-refractivity contribution in [1.82, 2.24) is 0 Å². The van der Waals surface area contributed by atoms with Gasteiger partial charge in [-0.25, -0.2) is 4.39 Å². The first kappa shape index (κ1) is 16.9. The van der Waals surface area contributed by atoms with E-state index in [1.165, 1.54) is 18.9 Å². The van der Waals surface area contributed by atoms with Crippen molar-refractivity contribution in [3.05, 3.63) is 34.1 Å². The molecule has 0 amide bonds. The second kappa shape index (κ2) is 7.21. The standard InChI is InChI=1S/C17H25BrFNO/c1-2-3-12-6-8-17(11-20,9-7-12)16(21)13-4-5-14(18)15(19)10-13/h4-5,10,12,16,21H,2-3,6-9,11,20H2,1H3. The molecule has 1 fully saturated rings. The Morgan fingerprint density at radius 2 is 2.10 bits per heavy atom. The zero-order valence-electron chi connectivity index (χ0n) is 12.6. The summed E-state index contributed by atoms with van der Waals surface area (Å²) in [4.78, 5) is 0. The summed E-state index contributed by atoms with van der Waals surface area (Å²) >= 11 is 3.15. The highest BCUT2D eigenvalue weighted by Crippen LogP contribution is 2.47. The Morgan fingerprint density at radius 1 is 1.43 bits per heavy atom. The van der Waals surface area contributed by atoms with Gasteiger partial charge in [0.15, 0.2) is 0 Å². The molecule has 0 bridgehead atoms. The quantitative estimate of drug-likeness (QED) is 0.811. The predicted molar refractivity (Wildman–Crippen MR) is 87.4 cm³/mol. The highest BCUT2D eigenvalue weighted by Gasteiger charge is 2.40. The van der Waals surface area contributed by atoms with Crippen LogP contribution in [0.25, 0.3) is 0 Å². The molecule has 1 aliphatic rings. The zero-order chi connectivity index (χ0) is 15.5. The van der Waals surface area contributed by atoms with Crippen molar-refractivity contribution in [1.29, 1.82) is 0 Å². The summed E-state index contributed by atoms with van der Waals surface area (Å²) in [5, 5.41) is 10.8. The largest absolute Gasteiger partial charge is 0.388 e. The summed E-state index contributed by atoms with van der Waals surface area (Å²) < 4.78 is 14.1. The summed E-state index contributed by atoms with van der Waals surface area (Å²) in [6.07, 6.45) is 5.85. The number of hydrogen-bond donors (Lipinski definition) is 2. The fourth-order valence-electron chi connectivity index (χ4n) is 3.57. The summed E-state index contributed by atoms with van der Waals surface area (Å²) in [7, 11) is 0. The molecule has 21 heavy (non-hydrogen) atoms. The topological polar surface area (TPSA) is 46.2 Å². The lowest BCUT2D eigenvalue weighted by Gasteiger charge is -2.43. The molecule has 0 saturated heterocycles. The molecule has 1 aromatic carbocycles. The van der Waals surface area contributed by atoms with E-state index in [9.17, 15) is 9.50 Å². The van der Waals surface area contributed by atoms with Crippen molar-refractivity contribution in [2.75, 3.05) is 6.54 Å². The molecule has 0 heterocycles. The molecule has 1 aromatic rings. The van der Waals surface area contributed by atoms with E-state index < -0.39 is 6.10 Å². The molecule has 3 N–H and O–H groups in total. The molecular formula is C17H25BrFNO. The van der Waals surface area contributed by atoms with Crippen molar-refractivity contribution in [3.63, 3.8) is 0 Å². The monoisotopic (exact) mass is 357 g/mol. The first-order chi connectivity index (χ1) is 10.0. The lowest BCUT2D eigenvalue weighted by molar-refractivity contribution is -0.0110. The molecular weight excluding hydrogens is 333 g/mol. The smallest absolute Gasteiger partial charge is 0.137 e. The van der Waals surface area contributed by atoms with Crippen molar-refractivity contribution < 1.29 is 9.50 Å². The minimum absolute atomic E-state index is 0.301. The Balaban J connectivity index is 2.15. The highest BCUT2D eigenvalue weighted by atomic mass is 79.9. The van der Waals surface area contributed by atoms with E-state index >= 15 is 0 Å². The van der Waals surface area contributed by atoms with Crippen molar-refractivity contribution >= 4 is 15.9 Å². The maximum atomic E-state index is 13.7. The molecule has 1 atom stereocenters. The van der Waals surface area contributed by atoms with Crippen molar-refractivity contribution in [2.24, 2.45) is 17.1 Å². The average molecular weight is 358 g/mol.